The number of carbonyl (C=O) groups excluding carboxylic acids is 1. The molecule has 3 aromatic rings. The van der Waals surface area contributed by atoms with Crippen LogP contribution in [0.15, 0.2) is 91.0 Å². The molecule has 2 unspecified atom stereocenters. The second-order valence-corrected chi connectivity index (χ2v) is 7.22. The Morgan fingerprint density at radius 3 is 2.04 bits per heavy atom. The number of benzene rings is 3. The highest BCUT2D eigenvalue weighted by Gasteiger charge is 2.30. The van der Waals surface area contributed by atoms with Gasteiger partial charge in [-0.1, -0.05) is 91.0 Å². The fourth-order valence-corrected chi connectivity index (χ4v) is 4.08. The highest BCUT2D eigenvalue weighted by atomic mass is 16.5. The van der Waals surface area contributed by atoms with Gasteiger partial charge in [-0.3, -0.25) is 4.79 Å². The lowest BCUT2D eigenvalue weighted by Gasteiger charge is -2.32. The quantitative estimate of drug-likeness (QED) is 0.546. The van der Waals surface area contributed by atoms with E-state index in [1.165, 1.54) is 34.8 Å². The smallest absolute Gasteiger partial charge is 0.302 e. The van der Waals surface area contributed by atoms with Gasteiger partial charge in [0.25, 0.3) is 0 Å². The van der Waals surface area contributed by atoms with Crippen LogP contribution in [-0.4, -0.2) is 12.1 Å². The van der Waals surface area contributed by atoms with Crippen LogP contribution in [-0.2, 0) is 16.0 Å². The minimum atomic E-state index is -0.219. The molecule has 0 heterocycles. The van der Waals surface area contributed by atoms with Crippen LogP contribution in [0.4, 0.5) is 0 Å². The van der Waals surface area contributed by atoms with Crippen LogP contribution < -0.4 is 0 Å². The zero-order valence-corrected chi connectivity index (χ0v) is 16.0. The van der Waals surface area contributed by atoms with Crippen molar-refractivity contribution in [2.45, 2.75) is 31.8 Å². The van der Waals surface area contributed by atoms with E-state index in [2.05, 4.69) is 78.9 Å². The first-order chi connectivity index (χ1) is 13.7. The summed E-state index contributed by atoms with van der Waals surface area (Å²) < 4.78 is 5.75. The topological polar surface area (TPSA) is 26.3 Å². The molecule has 2 atom stereocenters. The Morgan fingerprint density at radius 2 is 1.43 bits per heavy atom. The summed E-state index contributed by atoms with van der Waals surface area (Å²) in [7, 11) is 0. The lowest BCUT2D eigenvalue weighted by molar-refractivity contribution is -0.147. The van der Waals surface area contributed by atoms with Crippen molar-refractivity contribution in [1.82, 2.24) is 0 Å². The van der Waals surface area contributed by atoms with Gasteiger partial charge in [0.2, 0.25) is 0 Å². The number of esters is 1. The minimum Gasteiger partial charge on any atom is -0.462 e. The monoisotopic (exact) mass is 368 g/mol. The van der Waals surface area contributed by atoms with Crippen molar-refractivity contribution in [1.29, 1.82) is 0 Å². The SMILES string of the molecule is CC(=O)OC1CCc2ccccc2C1C=C(c1ccccc1)c1ccccc1. The van der Waals surface area contributed by atoms with Crippen LogP contribution in [0.2, 0.25) is 0 Å². The molecule has 2 heteroatoms. The molecule has 3 aromatic carbocycles. The molecule has 0 bridgehead atoms. The highest BCUT2D eigenvalue weighted by molar-refractivity contribution is 5.80. The zero-order chi connectivity index (χ0) is 19.3. The fourth-order valence-electron chi connectivity index (χ4n) is 4.08. The normalized spacial score (nSPS) is 18.0. The summed E-state index contributed by atoms with van der Waals surface area (Å²) in [6.07, 6.45) is 3.92. The van der Waals surface area contributed by atoms with Gasteiger partial charge in [0.1, 0.15) is 6.10 Å². The zero-order valence-electron chi connectivity index (χ0n) is 16.0. The summed E-state index contributed by atoms with van der Waals surface area (Å²) in [6.45, 7) is 1.50. The Labute approximate surface area is 166 Å². The average Bonchev–Trinajstić information content (AvgIpc) is 2.74. The maximum Gasteiger partial charge on any atom is 0.302 e. The van der Waals surface area contributed by atoms with E-state index in [1.807, 2.05) is 12.1 Å². The molecule has 0 aromatic heterocycles. The molecule has 0 saturated heterocycles. The minimum absolute atomic E-state index is 0.0317. The summed E-state index contributed by atoms with van der Waals surface area (Å²) in [4.78, 5) is 11.8. The Kier molecular flexibility index (Phi) is 5.38. The molecule has 0 saturated carbocycles. The van der Waals surface area contributed by atoms with E-state index in [4.69, 9.17) is 4.74 Å². The third-order valence-electron chi connectivity index (χ3n) is 5.35. The predicted molar refractivity (Wildman–Crippen MR) is 113 cm³/mol. The number of hydrogen-bond acceptors (Lipinski definition) is 2. The van der Waals surface area contributed by atoms with Gasteiger partial charge in [0, 0.05) is 12.8 Å². The Morgan fingerprint density at radius 1 is 0.857 bits per heavy atom. The molecule has 0 amide bonds. The highest BCUT2D eigenvalue weighted by Crippen LogP contribution is 2.38. The third-order valence-corrected chi connectivity index (χ3v) is 5.35. The van der Waals surface area contributed by atoms with Gasteiger partial charge in [-0.05, 0) is 40.7 Å². The Hall–Kier alpha value is -3.13. The Balaban J connectivity index is 1.86. The molecule has 1 aliphatic rings. The van der Waals surface area contributed by atoms with Crippen LogP contribution >= 0.6 is 0 Å². The number of fused-ring (bicyclic) bond motifs is 1. The average molecular weight is 368 g/mol. The summed E-state index contributed by atoms with van der Waals surface area (Å²) in [6, 6.07) is 29.3. The van der Waals surface area contributed by atoms with Gasteiger partial charge in [-0.15, -0.1) is 0 Å². The molecule has 0 fully saturated rings. The van der Waals surface area contributed by atoms with Crippen LogP contribution in [0.3, 0.4) is 0 Å². The van der Waals surface area contributed by atoms with Gasteiger partial charge in [0.05, 0.1) is 0 Å². The second kappa shape index (κ2) is 8.26. The van der Waals surface area contributed by atoms with E-state index in [1.54, 1.807) is 0 Å². The molecule has 1 aliphatic carbocycles. The van der Waals surface area contributed by atoms with Gasteiger partial charge >= 0.3 is 5.97 Å². The van der Waals surface area contributed by atoms with Crippen molar-refractivity contribution < 1.29 is 9.53 Å². The lowest BCUT2D eigenvalue weighted by atomic mass is 9.78. The molecule has 0 radical (unpaired) electrons. The maximum absolute atomic E-state index is 11.8. The van der Waals surface area contributed by atoms with Crippen molar-refractivity contribution in [3.05, 3.63) is 113 Å². The molecule has 0 spiro atoms. The predicted octanol–water partition coefficient (Wildman–Crippen LogP) is 5.78. The summed E-state index contributed by atoms with van der Waals surface area (Å²) >= 11 is 0. The standard InChI is InChI=1S/C26H24O2/c1-19(27)28-26-17-16-22-14-8-9-15-23(22)25(26)18-24(20-10-4-2-5-11-20)21-12-6-3-7-13-21/h2-15,18,25-26H,16-17H2,1H3. The molecule has 140 valence electrons. The van der Waals surface area contributed by atoms with Gasteiger partial charge in [-0.2, -0.15) is 0 Å². The molecule has 0 N–H and O–H groups in total. The Bertz CT molecular complexity index is 932. The second-order valence-electron chi connectivity index (χ2n) is 7.22. The van der Waals surface area contributed by atoms with Crippen LogP contribution in [0.5, 0.6) is 0 Å². The first-order valence-electron chi connectivity index (χ1n) is 9.80. The maximum atomic E-state index is 11.8. The first-order valence-corrected chi connectivity index (χ1v) is 9.80. The van der Waals surface area contributed by atoms with Crippen molar-refractivity contribution in [2.24, 2.45) is 0 Å². The van der Waals surface area contributed by atoms with Crippen molar-refractivity contribution in [3.8, 4) is 0 Å². The number of ether oxygens (including phenoxy) is 1. The number of hydrogen-bond donors (Lipinski definition) is 0. The third kappa shape index (κ3) is 3.91. The van der Waals surface area contributed by atoms with Crippen molar-refractivity contribution in [2.75, 3.05) is 0 Å². The summed E-state index contributed by atoms with van der Waals surface area (Å²) in [5, 5.41) is 0. The molecule has 28 heavy (non-hydrogen) atoms. The van der Waals surface area contributed by atoms with Crippen LogP contribution in [0.25, 0.3) is 5.57 Å². The van der Waals surface area contributed by atoms with Gasteiger partial charge in [0.15, 0.2) is 0 Å². The summed E-state index contributed by atoms with van der Waals surface area (Å²) in [5.41, 5.74) is 6.09. The molecule has 4 rings (SSSR count). The van der Waals surface area contributed by atoms with Gasteiger partial charge in [-0.25, -0.2) is 0 Å². The first kappa shape index (κ1) is 18.2. The van der Waals surface area contributed by atoms with Crippen molar-refractivity contribution >= 4 is 11.5 Å². The number of rotatable bonds is 4. The largest absolute Gasteiger partial charge is 0.462 e. The van der Waals surface area contributed by atoms with Crippen LogP contribution in [0, 0.1) is 0 Å². The number of carbonyl (C=O) groups is 1. The van der Waals surface area contributed by atoms with E-state index >= 15 is 0 Å². The van der Waals surface area contributed by atoms with Crippen molar-refractivity contribution in [3.63, 3.8) is 0 Å². The lowest BCUT2D eigenvalue weighted by Crippen LogP contribution is -2.29. The van der Waals surface area contributed by atoms with E-state index in [0.717, 1.165) is 12.8 Å². The van der Waals surface area contributed by atoms with E-state index < -0.39 is 0 Å². The van der Waals surface area contributed by atoms with E-state index in [-0.39, 0.29) is 18.0 Å². The molecule has 2 nitrogen and oxygen atoms in total. The van der Waals surface area contributed by atoms with E-state index in [9.17, 15) is 4.79 Å². The molecule has 0 aliphatic heterocycles. The molecular formula is C26H24O2. The van der Waals surface area contributed by atoms with Crippen LogP contribution in [0.1, 0.15) is 41.5 Å². The molecular weight excluding hydrogens is 344 g/mol. The fraction of sp³-hybridized carbons (Fsp3) is 0.192. The summed E-state index contributed by atoms with van der Waals surface area (Å²) in [5.74, 6) is -0.187. The van der Waals surface area contributed by atoms with E-state index in [0.29, 0.717) is 0 Å². The van der Waals surface area contributed by atoms with Gasteiger partial charge < -0.3 is 4.74 Å². The number of aryl methyl sites for hydroxylation is 1.